The topological polar surface area (TPSA) is 96.2 Å². The zero-order valence-electron chi connectivity index (χ0n) is 16.4. The molecule has 3 aromatic rings. The summed E-state index contributed by atoms with van der Waals surface area (Å²) in [7, 11) is 0. The second kappa shape index (κ2) is 8.49. The summed E-state index contributed by atoms with van der Waals surface area (Å²) in [5.41, 5.74) is 16.5. The molecule has 1 saturated heterocycles. The van der Waals surface area contributed by atoms with Crippen molar-refractivity contribution >= 4 is 11.6 Å². The Bertz CT molecular complexity index is 1050. The van der Waals surface area contributed by atoms with Gasteiger partial charge in [0.2, 0.25) is 5.95 Å². The van der Waals surface area contributed by atoms with Crippen LogP contribution in [-0.2, 0) is 24.1 Å². The van der Waals surface area contributed by atoms with E-state index in [4.69, 9.17) is 16.2 Å². The lowest BCUT2D eigenvalue weighted by molar-refractivity contribution is 0.112. The van der Waals surface area contributed by atoms with E-state index >= 15 is 0 Å². The fourth-order valence-corrected chi connectivity index (χ4v) is 3.80. The summed E-state index contributed by atoms with van der Waals surface area (Å²) >= 11 is 0. The van der Waals surface area contributed by atoms with Crippen molar-refractivity contribution in [3.05, 3.63) is 87.3 Å². The summed E-state index contributed by atoms with van der Waals surface area (Å²) in [5.74, 6) is 0.225. The molecule has 0 bridgehead atoms. The van der Waals surface area contributed by atoms with Crippen LogP contribution in [0.15, 0.2) is 59.4 Å². The lowest BCUT2D eigenvalue weighted by Gasteiger charge is -2.12. The lowest BCUT2D eigenvalue weighted by Crippen LogP contribution is -2.25. The molecule has 29 heavy (non-hydrogen) atoms. The Morgan fingerprint density at radius 2 is 1.86 bits per heavy atom. The molecular weight excluding hydrogens is 364 g/mol. The molecule has 2 heterocycles. The third-order valence-corrected chi connectivity index (χ3v) is 5.30. The van der Waals surface area contributed by atoms with E-state index in [2.05, 4.69) is 29.2 Å². The first-order chi connectivity index (χ1) is 14.1. The minimum Gasteiger partial charge on any atom is -0.399 e. The number of rotatable bonds is 6. The maximum Gasteiger partial charge on any atom is 0.255 e. The summed E-state index contributed by atoms with van der Waals surface area (Å²) < 4.78 is 7.25. The Balaban J connectivity index is 1.46. The molecule has 0 spiro atoms. The first kappa shape index (κ1) is 19.2. The first-order valence-electron chi connectivity index (χ1n) is 9.99. The Morgan fingerprint density at radius 3 is 2.62 bits per heavy atom. The van der Waals surface area contributed by atoms with Gasteiger partial charge >= 0.3 is 0 Å². The van der Waals surface area contributed by atoms with Crippen molar-refractivity contribution in [2.24, 2.45) is 0 Å². The molecule has 2 aromatic carbocycles. The molecule has 6 nitrogen and oxygen atoms in total. The van der Waals surface area contributed by atoms with Gasteiger partial charge in [-0.3, -0.25) is 9.36 Å². The van der Waals surface area contributed by atoms with E-state index < -0.39 is 0 Å². The molecule has 150 valence electrons. The Labute approximate surface area is 170 Å². The van der Waals surface area contributed by atoms with Crippen LogP contribution in [0.1, 0.15) is 41.3 Å². The largest absolute Gasteiger partial charge is 0.399 e. The van der Waals surface area contributed by atoms with Crippen LogP contribution in [0.3, 0.4) is 0 Å². The summed E-state index contributed by atoms with van der Waals surface area (Å²) in [4.78, 5) is 17.0. The SMILES string of the molecule is Nc1cccc(Cn2c(N)nc(CCc3cccc(C4CCCO4)c3)cc2=O)c1. The van der Waals surface area contributed by atoms with Crippen molar-refractivity contribution in [1.82, 2.24) is 9.55 Å². The van der Waals surface area contributed by atoms with E-state index in [1.54, 1.807) is 6.07 Å². The molecule has 0 aliphatic carbocycles. The minimum absolute atomic E-state index is 0.150. The van der Waals surface area contributed by atoms with Gasteiger partial charge in [0.15, 0.2) is 0 Å². The zero-order chi connectivity index (χ0) is 20.2. The van der Waals surface area contributed by atoms with Crippen molar-refractivity contribution < 1.29 is 4.74 Å². The fraction of sp³-hybridized carbons (Fsp3) is 0.304. The van der Waals surface area contributed by atoms with Crippen LogP contribution in [0.4, 0.5) is 11.6 Å². The molecule has 4 N–H and O–H groups in total. The highest BCUT2D eigenvalue weighted by atomic mass is 16.5. The molecule has 1 aromatic heterocycles. The van der Waals surface area contributed by atoms with Crippen molar-refractivity contribution in [3.8, 4) is 0 Å². The molecule has 6 heteroatoms. The molecule has 1 aliphatic heterocycles. The molecule has 1 fully saturated rings. The van der Waals surface area contributed by atoms with Gasteiger partial charge in [-0.15, -0.1) is 0 Å². The average molecular weight is 390 g/mol. The van der Waals surface area contributed by atoms with Crippen LogP contribution in [0.5, 0.6) is 0 Å². The fourth-order valence-electron chi connectivity index (χ4n) is 3.80. The predicted octanol–water partition coefficient (Wildman–Crippen LogP) is 3.09. The molecule has 1 unspecified atom stereocenters. The summed E-state index contributed by atoms with van der Waals surface area (Å²) in [6, 6.07) is 17.5. The third kappa shape index (κ3) is 4.66. The van der Waals surface area contributed by atoms with Crippen LogP contribution < -0.4 is 17.0 Å². The Hall–Kier alpha value is -3.12. The van der Waals surface area contributed by atoms with Gasteiger partial charge in [-0.25, -0.2) is 4.98 Å². The van der Waals surface area contributed by atoms with E-state index in [1.807, 2.05) is 24.3 Å². The molecule has 1 aliphatic rings. The van der Waals surface area contributed by atoms with Crippen molar-refractivity contribution in [3.63, 3.8) is 0 Å². The van der Waals surface area contributed by atoms with Crippen LogP contribution in [0.2, 0.25) is 0 Å². The highest BCUT2D eigenvalue weighted by molar-refractivity contribution is 5.41. The summed E-state index contributed by atoms with van der Waals surface area (Å²) in [6.45, 7) is 1.19. The number of ether oxygens (including phenoxy) is 1. The number of nitrogens with zero attached hydrogens (tertiary/aromatic N) is 2. The number of benzene rings is 2. The highest BCUT2D eigenvalue weighted by Gasteiger charge is 2.17. The molecular formula is C23H26N4O2. The van der Waals surface area contributed by atoms with Crippen molar-refractivity contribution in [2.45, 2.75) is 38.3 Å². The van der Waals surface area contributed by atoms with Gasteiger partial charge in [-0.1, -0.05) is 36.4 Å². The van der Waals surface area contributed by atoms with Gasteiger partial charge in [0.05, 0.1) is 18.3 Å². The average Bonchev–Trinajstić information content (AvgIpc) is 3.24. The van der Waals surface area contributed by atoms with Crippen molar-refractivity contribution in [2.75, 3.05) is 18.1 Å². The van der Waals surface area contributed by atoms with Gasteiger partial charge in [0.1, 0.15) is 0 Å². The van der Waals surface area contributed by atoms with Gasteiger partial charge < -0.3 is 16.2 Å². The number of anilines is 2. The standard InChI is InChI=1S/C23H26N4O2/c24-19-7-2-5-17(13-19)15-27-22(28)14-20(26-23(27)25)10-9-16-4-1-6-18(12-16)21-8-3-11-29-21/h1-2,4-7,12-14,21H,3,8-11,15,24H2,(H2,25,26). The highest BCUT2D eigenvalue weighted by Crippen LogP contribution is 2.29. The monoisotopic (exact) mass is 390 g/mol. The van der Waals surface area contributed by atoms with Gasteiger partial charge in [-0.05, 0) is 54.5 Å². The quantitative estimate of drug-likeness (QED) is 0.631. The number of nitrogens with two attached hydrogens (primary N) is 2. The molecule has 0 radical (unpaired) electrons. The second-order valence-corrected chi connectivity index (χ2v) is 7.52. The van der Waals surface area contributed by atoms with E-state index in [0.29, 0.717) is 24.3 Å². The zero-order valence-corrected chi connectivity index (χ0v) is 16.4. The van der Waals surface area contributed by atoms with E-state index in [-0.39, 0.29) is 17.6 Å². The number of aryl methyl sites for hydroxylation is 2. The number of hydrogen-bond acceptors (Lipinski definition) is 5. The Morgan fingerprint density at radius 1 is 1.03 bits per heavy atom. The first-order valence-corrected chi connectivity index (χ1v) is 9.99. The van der Waals surface area contributed by atoms with E-state index in [1.165, 1.54) is 15.7 Å². The van der Waals surface area contributed by atoms with E-state index in [9.17, 15) is 4.79 Å². The molecule has 0 amide bonds. The van der Waals surface area contributed by atoms with Crippen LogP contribution in [-0.4, -0.2) is 16.2 Å². The molecule has 1 atom stereocenters. The number of hydrogen-bond donors (Lipinski definition) is 2. The summed E-state index contributed by atoms with van der Waals surface area (Å²) in [6.07, 6.45) is 3.86. The summed E-state index contributed by atoms with van der Waals surface area (Å²) in [5, 5.41) is 0. The maximum atomic E-state index is 12.6. The third-order valence-electron chi connectivity index (χ3n) is 5.30. The second-order valence-electron chi connectivity index (χ2n) is 7.52. The van der Waals surface area contributed by atoms with Crippen molar-refractivity contribution in [1.29, 1.82) is 0 Å². The van der Waals surface area contributed by atoms with Gasteiger partial charge in [0.25, 0.3) is 5.56 Å². The van der Waals surface area contributed by atoms with Crippen LogP contribution in [0.25, 0.3) is 0 Å². The van der Waals surface area contributed by atoms with Crippen LogP contribution in [0, 0.1) is 0 Å². The number of nitrogen functional groups attached to an aromatic ring is 2. The normalized spacial score (nSPS) is 16.2. The number of aromatic nitrogens is 2. The maximum absolute atomic E-state index is 12.6. The van der Waals surface area contributed by atoms with Gasteiger partial charge in [-0.2, -0.15) is 0 Å². The minimum atomic E-state index is -0.150. The molecule has 0 saturated carbocycles. The Kier molecular flexibility index (Phi) is 5.62. The molecule has 4 rings (SSSR count). The van der Waals surface area contributed by atoms with E-state index in [0.717, 1.165) is 31.4 Å². The smallest absolute Gasteiger partial charge is 0.255 e. The van der Waals surface area contributed by atoms with Crippen LogP contribution >= 0.6 is 0 Å². The lowest BCUT2D eigenvalue weighted by atomic mass is 10.0. The van der Waals surface area contributed by atoms with Gasteiger partial charge in [0, 0.05) is 18.4 Å². The predicted molar refractivity (Wildman–Crippen MR) is 115 cm³/mol.